The van der Waals surface area contributed by atoms with Crippen LogP contribution >= 0.6 is 0 Å². The number of hydrogen-bond acceptors (Lipinski definition) is 3. The molecule has 2 rings (SSSR count). The number of nitrogens with two attached hydrogens (primary N) is 1. The van der Waals surface area contributed by atoms with Crippen molar-refractivity contribution in [3.63, 3.8) is 0 Å². The average molecular weight is 227 g/mol. The maximum atomic E-state index is 13.5. The van der Waals surface area contributed by atoms with Gasteiger partial charge >= 0.3 is 0 Å². The van der Waals surface area contributed by atoms with Crippen LogP contribution in [-0.2, 0) is 6.42 Å². The van der Waals surface area contributed by atoms with Crippen molar-refractivity contribution in [2.45, 2.75) is 12.8 Å². The van der Waals surface area contributed by atoms with E-state index in [1.165, 1.54) is 0 Å². The summed E-state index contributed by atoms with van der Waals surface area (Å²) < 4.78 is 31.9. The molecule has 0 radical (unpaired) electrons. The normalized spacial score (nSPS) is 13.4. The number of ether oxygens (including phenoxy) is 1. The molecule has 5 heteroatoms. The summed E-state index contributed by atoms with van der Waals surface area (Å²) in [5, 5.41) is 0. The van der Waals surface area contributed by atoms with Gasteiger partial charge in [0.25, 0.3) is 0 Å². The van der Waals surface area contributed by atoms with E-state index >= 15 is 0 Å². The first kappa shape index (κ1) is 11.0. The lowest BCUT2D eigenvalue weighted by atomic mass is 10.0. The first-order valence-electron chi connectivity index (χ1n) is 5.02. The molecular weight excluding hydrogens is 216 g/mol. The van der Waals surface area contributed by atoms with Gasteiger partial charge in [0, 0.05) is 24.5 Å². The number of benzene rings is 1. The summed E-state index contributed by atoms with van der Waals surface area (Å²) in [5.41, 5.74) is 5.35. The van der Waals surface area contributed by atoms with Crippen molar-refractivity contribution in [2.24, 2.45) is 5.73 Å². The molecule has 0 atom stereocenters. The van der Waals surface area contributed by atoms with Crippen molar-refractivity contribution >= 4 is 5.78 Å². The zero-order valence-electron chi connectivity index (χ0n) is 8.56. The Hall–Kier alpha value is -1.49. The highest BCUT2D eigenvalue weighted by Gasteiger charge is 2.27. The summed E-state index contributed by atoms with van der Waals surface area (Å²) in [7, 11) is 0. The second-order valence-corrected chi connectivity index (χ2v) is 3.58. The van der Waals surface area contributed by atoms with Gasteiger partial charge in [-0.3, -0.25) is 4.79 Å². The summed E-state index contributed by atoms with van der Waals surface area (Å²) in [6.07, 6.45) is 0.392. The molecule has 16 heavy (non-hydrogen) atoms. The van der Waals surface area contributed by atoms with Gasteiger partial charge in [-0.15, -0.1) is 0 Å². The van der Waals surface area contributed by atoms with Crippen molar-refractivity contribution in [1.29, 1.82) is 0 Å². The second-order valence-electron chi connectivity index (χ2n) is 3.58. The SMILES string of the molecule is NCCC(=O)c1c(F)cc(F)c2c1OCC2. The summed E-state index contributed by atoms with van der Waals surface area (Å²) in [5.74, 6) is -1.93. The molecule has 86 valence electrons. The molecule has 0 fully saturated rings. The number of fused-ring (bicyclic) bond motifs is 1. The highest BCUT2D eigenvalue weighted by molar-refractivity contribution is 5.99. The highest BCUT2D eigenvalue weighted by atomic mass is 19.1. The highest BCUT2D eigenvalue weighted by Crippen LogP contribution is 2.34. The standard InChI is InChI=1S/C11H11F2NO2/c12-7-5-8(13)10(9(15)1-3-14)11-6(7)2-4-16-11/h5H,1-4,14H2. The molecule has 0 unspecified atom stereocenters. The van der Waals surface area contributed by atoms with E-state index in [2.05, 4.69) is 0 Å². The van der Waals surface area contributed by atoms with Gasteiger partial charge in [0.2, 0.25) is 0 Å². The van der Waals surface area contributed by atoms with Crippen LogP contribution in [0.25, 0.3) is 0 Å². The Morgan fingerprint density at radius 3 is 2.88 bits per heavy atom. The van der Waals surface area contributed by atoms with Crippen LogP contribution in [0.1, 0.15) is 22.3 Å². The lowest BCUT2D eigenvalue weighted by Crippen LogP contribution is -2.11. The lowest BCUT2D eigenvalue weighted by molar-refractivity contribution is 0.0978. The Morgan fingerprint density at radius 2 is 2.19 bits per heavy atom. The van der Waals surface area contributed by atoms with Crippen LogP contribution in [0.3, 0.4) is 0 Å². The van der Waals surface area contributed by atoms with Crippen molar-refractivity contribution in [1.82, 2.24) is 0 Å². The first-order valence-corrected chi connectivity index (χ1v) is 5.02. The number of hydrogen-bond donors (Lipinski definition) is 1. The molecule has 0 spiro atoms. The molecule has 1 aromatic rings. The van der Waals surface area contributed by atoms with Gasteiger partial charge in [-0.1, -0.05) is 0 Å². The van der Waals surface area contributed by atoms with E-state index in [0.29, 0.717) is 6.42 Å². The minimum absolute atomic E-state index is 0.0261. The Balaban J connectivity index is 2.53. The summed E-state index contributed by atoms with van der Waals surface area (Å²) in [6.45, 7) is 0.406. The quantitative estimate of drug-likeness (QED) is 0.795. The van der Waals surface area contributed by atoms with Crippen molar-refractivity contribution in [2.75, 3.05) is 13.2 Å². The van der Waals surface area contributed by atoms with E-state index in [9.17, 15) is 13.6 Å². The third-order valence-electron chi connectivity index (χ3n) is 2.53. The number of ketones is 1. The Bertz CT molecular complexity index is 446. The first-order chi connectivity index (χ1) is 7.65. The second kappa shape index (κ2) is 4.17. The van der Waals surface area contributed by atoms with Crippen LogP contribution < -0.4 is 10.5 Å². The topological polar surface area (TPSA) is 52.3 Å². The monoisotopic (exact) mass is 227 g/mol. The molecule has 0 aromatic heterocycles. The maximum absolute atomic E-state index is 13.5. The number of halogens is 2. The molecule has 2 N–H and O–H groups in total. The van der Waals surface area contributed by atoms with Gasteiger partial charge in [-0.05, 0) is 6.54 Å². The predicted octanol–water partition coefficient (Wildman–Crippen LogP) is 1.43. The van der Waals surface area contributed by atoms with Crippen LogP contribution in [0.4, 0.5) is 8.78 Å². The fourth-order valence-corrected chi connectivity index (χ4v) is 1.80. The van der Waals surface area contributed by atoms with Crippen LogP contribution in [0.15, 0.2) is 6.07 Å². The molecule has 1 aromatic carbocycles. The summed E-state index contributed by atoms with van der Waals surface area (Å²) in [4.78, 5) is 11.6. The predicted molar refractivity (Wildman–Crippen MR) is 53.6 cm³/mol. The molecule has 1 heterocycles. The number of carbonyl (C=O) groups excluding carboxylic acids is 1. The lowest BCUT2D eigenvalue weighted by Gasteiger charge is -2.08. The van der Waals surface area contributed by atoms with Gasteiger partial charge in [-0.25, -0.2) is 8.78 Å². The maximum Gasteiger partial charge on any atom is 0.170 e. The van der Waals surface area contributed by atoms with Gasteiger partial charge in [0.05, 0.1) is 12.2 Å². The minimum Gasteiger partial charge on any atom is -0.492 e. The molecular formula is C11H11F2NO2. The summed E-state index contributed by atoms with van der Waals surface area (Å²) in [6, 6.07) is 0.733. The average Bonchev–Trinajstić information content (AvgIpc) is 2.66. The van der Waals surface area contributed by atoms with E-state index in [4.69, 9.17) is 10.5 Å². The van der Waals surface area contributed by atoms with Crippen molar-refractivity contribution < 1.29 is 18.3 Å². The van der Waals surface area contributed by atoms with Crippen LogP contribution in [-0.4, -0.2) is 18.9 Å². The third kappa shape index (κ3) is 1.67. The van der Waals surface area contributed by atoms with E-state index in [1.54, 1.807) is 0 Å². The van der Waals surface area contributed by atoms with Crippen molar-refractivity contribution in [3.05, 3.63) is 28.8 Å². The molecule has 0 bridgehead atoms. The van der Waals surface area contributed by atoms with E-state index in [0.717, 1.165) is 6.07 Å². The number of carbonyl (C=O) groups is 1. The molecule has 0 saturated carbocycles. The molecule has 1 aliphatic rings. The van der Waals surface area contributed by atoms with Crippen LogP contribution in [0, 0.1) is 11.6 Å². The Kier molecular flexibility index (Phi) is 2.87. The molecule has 3 nitrogen and oxygen atoms in total. The smallest absolute Gasteiger partial charge is 0.170 e. The van der Waals surface area contributed by atoms with E-state index < -0.39 is 17.4 Å². The van der Waals surface area contributed by atoms with E-state index in [-0.39, 0.29) is 36.4 Å². The van der Waals surface area contributed by atoms with Crippen LogP contribution in [0.2, 0.25) is 0 Å². The van der Waals surface area contributed by atoms with Gasteiger partial charge in [0.1, 0.15) is 17.4 Å². The number of rotatable bonds is 3. The van der Waals surface area contributed by atoms with Crippen molar-refractivity contribution in [3.8, 4) is 5.75 Å². The Morgan fingerprint density at radius 1 is 1.44 bits per heavy atom. The van der Waals surface area contributed by atoms with Gasteiger partial charge in [-0.2, -0.15) is 0 Å². The fraction of sp³-hybridized carbons (Fsp3) is 0.364. The van der Waals surface area contributed by atoms with Gasteiger partial charge in [0.15, 0.2) is 5.78 Å². The number of Topliss-reactive ketones (excluding diaryl/α,β-unsaturated/α-hetero) is 1. The van der Waals surface area contributed by atoms with E-state index in [1.807, 2.05) is 0 Å². The fourth-order valence-electron chi connectivity index (χ4n) is 1.80. The van der Waals surface area contributed by atoms with Crippen LogP contribution in [0.5, 0.6) is 5.75 Å². The molecule has 0 saturated heterocycles. The molecule has 0 amide bonds. The zero-order chi connectivity index (χ0) is 11.7. The Labute approximate surface area is 91.2 Å². The summed E-state index contributed by atoms with van der Waals surface area (Å²) >= 11 is 0. The van der Waals surface area contributed by atoms with Gasteiger partial charge < -0.3 is 10.5 Å². The minimum atomic E-state index is -0.878. The largest absolute Gasteiger partial charge is 0.492 e. The zero-order valence-corrected chi connectivity index (χ0v) is 8.56. The molecule has 0 aliphatic carbocycles. The molecule has 1 aliphatic heterocycles. The third-order valence-corrected chi connectivity index (χ3v) is 2.53.